The number of halogens is 1. The molecule has 0 aliphatic carbocycles. The van der Waals surface area contributed by atoms with Gasteiger partial charge in [0.2, 0.25) is 0 Å². The average Bonchev–Trinajstić information content (AvgIpc) is 3.22. The fraction of sp³-hybridized carbons (Fsp3) is 0.533. The fourth-order valence-corrected chi connectivity index (χ4v) is 3.70. The first-order valence-corrected chi connectivity index (χ1v) is 12.8. The molecule has 0 amide bonds. The fourth-order valence-electron chi connectivity index (χ4n) is 3.42. The van der Waals surface area contributed by atoms with Gasteiger partial charge in [-0.05, 0) is 86.9 Å². The molecule has 1 aliphatic rings. The maximum Gasteiger partial charge on any atom is 0.120 e. The summed E-state index contributed by atoms with van der Waals surface area (Å²) in [5.41, 5.74) is 4.47. The van der Waals surface area contributed by atoms with E-state index in [1.165, 1.54) is 30.6 Å². The van der Waals surface area contributed by atoms with Gasteiger partial charge in [-0.25, -0.2) is 0 Å². The molecule has 0 bridgehead atoms. The zero-order valence-corrected chi connectivity index (χ0v) is 23.3. The van der Waals surface area contributed by atoms with Gasteiger partial charge in [-0.3, -0.25) is 0 Å². The molecular formula is C30H45ClN2O. The summed E-state index contributed by atoms with van der Waals surface area (Å²) in [5.74, 6) is 2.38. The van der Waals surface area contributed by atoms with Crippen molar-refractivity contribution in [1.29, 1.82) is 5.26 Å². The normalized spacial score (nSPS) is 14.7. The standard InChI is InChI=1S/C9H12.C8H6ClN.C8H17N.C5H10O/c1-3-9-7-5-4-6-8(9)2;1-6-2-3-7(5-10)8(9)4-6;1-7(2)8-4-5-9(3)6-8;1-5(2)3-4-6/h4-7H,3H2,1-2H3;2-4H,1H3;7-8H,4-6H2,1-3H3;4-5H,3H2,1-2H3. The second-order valence-electron chi connectivity index (χ2n) is 9.73. The van der Waals surface area contributed by atoms with Gasteiger partial charge in [0.1, 0.15) is 12.4 Å². The van der Waals surface area contributed by atoms with Crippen molar-refractivity contribution in [3.63, 3.8) is 0 Å². The van der Waals surface area contributed by atoms with Gasteiger partial charge in [-0.15, -0.1) is 0 Å². The van der Waals surface area contributed by atoms with Crippen LogP contribution in [0, 0.1) is 42.9 Å². The first-order chi connectivity index (χ1) is 16.0. The van der Waals surface area contributed by atoms with E-state index in [9.17, 15) is 4.79 Å². The maximum atomic E-state index is 9.62. The van der Waals surface area contributed by atoms with E-state index in [0.717, 1.165) is 30.1 Å². The Morgan fingerprint density at radius 3 is 2.12 bits per heavy atom. The summed E-state index contributed by atoms with van der Waals surface area (Å²) in [6.07, 6.45) is 4.20. The van der Waals surface area contributed by atoms with Crippen LogP contribution in [0.15, 0.2) is 42.5 Å². The molecule has 3 rings (SSSR count). The number of carbonyl (C=O) groups is 1. The van der Waals surface area contributed by atoms with Crippen molar-refractivity contribution in [2.24, 2.45) is 17.8 Å². The number of aryl methyl sites for hydroxylation is 3. The van der Waals surface area contributed by atoms with Crippen molar-refractivity contribution < 1.29 is 4.79 Å². The second-order valence-corrected chi connectivity index (χ2v) is 10.1. The van der Waals surface area contributed by atoms with E-state index in [1.54, 1.807) is 12.1 Å². The minimum Gasteiger partial charge on any atom is -0.306 e. The lowest BCUT2D eigenvalue weighted by Gasteiger charge is -2.13. The minimum atomic E-state index is 0.530. The number of hydrogen-bond donors (Lipinski definition) is 0. The van der Waals surface area contributed by atoms with Crippen molar-refractivity contribution in [2.45, 2.75) is 67.7 Å². The van der Waals surface area contributed by atoms with Crippen molar-refractivity contribution in [1.82, 2.24) is 4.90 Å². The van der Waals surface area contributed by atoms with Crippen LogP contribution in [0.2, 0.25) is 5.02 Å². The van der Waals surface area contributed by atoms with Crippen LogP contribution in [0.5, 0.6) is 0 Å². The Morgan fingerprint density at radius 2 is 1.79 bits per heavy atom. The lowest BCUT2D eigenvalue weighted by molar-refractivity contribution is -0.108. The summed E-state index contributed by atoms with van der Waals surface area (Å²) in [5, 5.41) is 9.00. The lowest BCUT2D eigenvalue weighted by Crippen LogP contribution is -2.16. The molecular weight excluding hydrogens is 440 g/mol. The van der Waals surface area contributed by atoms with E-state index in [0.29, 0.717) is 22.9 Å². The number of benzene rings is 2. The Bertz CT molecular complexity index is 870. The monoisotopic (exact) mass is 484 g/mol. The zero-order valence-electron chi connectivity index (χ0n) is 22.6. The number of hydrogen-bond acceptors (Lipinski definition) is 3. The van der Waals surface area contributed by atoms with E-state index in [4.69, 9.17) is 16.9 Å². The van der Waals surface area contributed by atoms with Gasteiger partial charge < -0.3 is 9.69 Å². The van der Waals surface area contributed by atoms with Gasteiger partial charge >= 0.3 is 0 Å². The molecule has 0 radical (unpaired) electrons. The zero-order chi connectivity index (χ0) is 26.1. The highest BCUT2D eigenvalue weighted by Crippen LogP contribution is 2.21. The lowest BCUT2D eigenvalue weighted by atomic mass is 9.95. The summed E-state index contributed by atoms with van der Waals surface area (Å²) in [6, 6.07) is 15.8. The Labute approximate surface area is 214 Å². The van der Waals surface area contributed by atoms with Gasteiger partial charge in [0.05, 0.1) is 10.6 Å². The molecule has 188 valence electrons. The van der Waals surface area contributed by atoms with Crippen molar-refractivity contribution in [3.05, 3.63) is 69.7 Å². The van der Waals surface area contributed by atoms with Crippen molar-refractivity contribution >= 4 is 17.9 Å². The van der Waals surface area contributed by atoms with Gasteiger partial charge in [-0.1, -0.05) is 76.6 Å². The van der Waals surface area contributed by atoms with E-state index in [1.807, 2.05) is 32.9 Å². The number of rotatable bonds is 4. The third-order valence-corrected chi connectivity index (χ3v) is 6.14. The smallest absolute Gasteiger partial charge is 0.120 e. The average molecular weight is 485 g/mol. The summed E-state index contributed by atoms with van der Waals surface area (Å²) >= 11 is 5.71. The van der Waals surface area contributed by atoms with E-state index in [-0.39, 0.29) is 0 Å². The molecule has 2 aromatic carbocycles. The molecule has 0 N–H and O–H groups in total. The van der Waals surface area contributed by atoms with Gasteiger partial charge in [-0.2, -0.15) is 5.26 Å². The minimum absolute atomic E-state index is 0.530. The summed E-state index contributed by atoms with van der Waals surface area (Å²) in [4.78, 5) is 12.0. The quantitative estimate of drug-likeness (QED) is 0.414. The molecule has 1 unspecified atom stereocenters. The Kier molecular flexibility index (Phi) is 17.1. The highest BCUT2D eigenvalue weighted by atomic mass is 35.5. The summed E-state index contributed by atoms with van der Waals surface area (Å²) in [7, 11) is 2.21. The van der Waals surface area contributed by atoms with Crippen LogP contribution in [0.25, 0.3) is 0 Å². The van der Waals surface area contributed by atoms with Gasteiger partial charge in [0, 0.05) is 13.0 Å². The number of carbonyl (C=O) groups excluding carboxylic acids is 1. The maximum absolute atomic E-state index is 9.62. The van der Waals surface area contributed by atoms with E-state index < -0.39 is 0 Å². The highest BCUT2D eigenvalue weighted by molar-refractivity contribution is 6.31. The largest absolute Gasteiger partial charge is 0.306 e. The van der Waals surface area contributed by atoms with Gasteiger partial charge in [0.15, 0.2) is 0 Å². The Hall–Kier alpha value is -2.15. The molecule has 1 heterocycles. The third kappa shape index (κ3) is 14.2. The molecule has 4 heteroatoms. The molecule has 0 aromatic heterocycles. The number of nitrogens with zero attached hydrogens (tertiary/aromatic N) is 2. The van der Waals surface area contributed by atoms with E-state index >= 15 is 0 Å². The van der Waals surface area contributed by atoms with Crippen LogP contribution >= 0.6 is 11.6 Å². The van der Waals surface area contributed by atoms with Crippen LogP contribution in [0.3, 0.4) is 0 Å². The molecule has 34 heavy (non-hydrogen) atoms. The van der Waals surface area contributed by atoms with E-state index in [2.05, 4.69) is 63.9 Å². The second kappa shape index (κ2) is 18.2. The Balaban J connectivity index is 0.000000434. The summed E-state index contributed by atoms with van der Waals surface area (Å²) < 4.78 is 0. The van der Waals surface area contributed by atoms with Crippen LogP contribution in [-0.2, 0) is 11.2 Å². The number of nitriles is 1. The first-order valence-electron chi connectivity index (χ1n) is 12.4. The molecule has 1 aliphatic heterocycles. The molecule has 3 nitrogen and oxygen atoms in total. The highest BCUT2D eigenvalue weighted by Gasteiger charge is 2.21. The van der Waals surface area contributed by atoms with Crippen molar-refractivity contribution in [3.8, 4) is 6.07 Å². The SMILES string of the molecule is CC(C)C1CCN(C)C1.CC(C)CC=O.CCc1ccccc1C.Cc1ccc(C#N)c(Cl)c1. The van der Waals surface area contributed by atoms with Crippen LogP contribution in [-0.4, -0.2) is 31.3 Å². The van der Waals surface area contributed by atoms with Gasteiger partial charge in [0.25, 0.3) is 0 Å². The molecule has 0 spiro atoms. The Morgan fingerprint density at radius 1 is 1.15 bits per heavy atom. The molecule has 1 fully saturated rings. The molecule has 1 atom stereocenters. The van der Waals surface area contributed by atoms with Crippen LogP contribution in [0.1, 0.15) is 69.7 Å². The first kappa shape index (κ1) is 31.9. The third-order valence-electron chi connectivity index (χ3n) is 5.83. The van der Waals surface area contributed by atoms with Crippen LogP contribution < -0.4 is 0 Å². The predicted molar refractivity (Wildman–Crippen MR) is 147 cm³/mol. The van der Waals surface area contributed by atoms with Crippen LogP contribution in [0.4, 0.5) is 0 Å². The summed E-state index contributed by atoms with van der Waals surface area (Å²) in [6.45, 7) is 17.6. The molecule has 0 saturated carbocycles. The molecule has 2 aromatic rings. The topological polar surface area (TPSA) is 44.1 Å². The predicted octanol–water partition coefficient (Wildman–Crippen LogP) is 7.90. The molecule has 1 saturated heterocycles. The van der Waals surface area contributed by atoms with Crippen molar-refractivity contribution in [2.75, 3.05) is 20.1 Å². The number of likely N-dealkylation sites (tertiary alicyclic amines) is 1. The number of aldehydes is 1.